The molecule has 0 rings (SSSR count). The molecule has 0 fully saturated rings. The summed E-state index contributed by atoms with van der Waals surface area (Å²) >= 11 is 0. The molecular formula is C8H12O6. The minimum Gasteiger partial charge on any atom is -0.478 e. The lowest BCUT2D eigenvalue weighted by Crippen LogP contribution is -2.22. The van der Waals surface area contributed by atoms with E-state index in [9.17, 15) is 9.59 Å². The number of carboxylic acids is 1. The molecule has 0 aliphatic heterocycles. The van der Waals surface area contributed by atoms with Crippen molar-refractivity contribution in [2.45, 2.75) is 13.0 Å². The van der Waals surface area contributed by atoms with E-state index in [0.717, 1.165) is 0 Å². The van der Waals surface area contributed by atoms with Crippen LogP contribution >= 0.6 is 0 Å². The molecule has 1 atom stereocenters. The second-order valence-electron chi connectivity index (χ2n) is 2.60. The number of rotatable bonds is 5. The van der Waals surface area contributed by atoms with Crippen molar-refractivity contribution in [1.82, 2.24) is 0 Å². The van der Waals surface area contributed by atoms with Gasteiger partial charge in [-0.05, 0) is 6.92 Å². The number of ether oxygens (including phenoxy) is 1. The Morgan fingerprint density at radius 3 is 2.50 bits per heavy atom. The first-order valence-corrected chi connectivity index (χ1v) is 3.84. The van der Waals surface area contributed by atoms with Gasteiger partial charge < -0.3 is 20.1 Å². The average Bonchev–Trinajstić information content (AvgIpc) is 2.12. The lowest BCUT2D eigenvalue weighted by Gasteiger charge is -2.07. The van der Waals surface area contributed by atoms with Crippen molar-refractivity contribution in [3.05, 3.63) is 11.6 Å². The highest BCUT2D eigenvalue weighted by molar-refractivity contribution is 5.95. The zero-order chi connectivity index (χ0) is 11.1. The molecule has 0 saturated heterocycles. The van der Waals surface area contributed by atoms with Crippen LogP contribution in [-0.2, 0) is 14.3 Å². The number of carbonyl (C=O) groups is 2. The van der Waals surface area contributed by atoms with Crippen molar-refractivity contribution >= 4 is 11.9 Å². The lowest BCUT2D eigenvalue weighted by molar-refractivity contribution is -0.143. The van der Waals surface area contributed by atoms with Crippen LogP contribution < -0.4 is 0 Å². The van der Waals surface area contributed by atoms with Crippen LogP contribution in [0.25, 0.3) is 0 Å². The molecule has 80 valence electrons. The van der Waals surface area contributed by atoms with Crippen molar-refractivity contribution < 1.29 is 29.6 Å². The SMILES string of the molecule is CC(=CC(=O)O)C(=O)OCC(O)CO. The van der Waals surface area contributed by atoms with Crippen molar-refractivity contribution in [1.29, 1.82) is 0 Å². The molecule has 0 aliphatic rings. The van der Waals surface area contributed by atoms with E-state index >= 15 is 0 Å². The molecule has 0 aromatic rings. The molecular weight excluding hydrogens is 192 g/mol. The normalized spacial score (nSPS) is 13.5. The molecule has 0 heterocycles. The van der Waals surface area contributed by atoms with E-state index in [1.165, 1.54) is 6.92 Å². The third-order valence-electron chi connectivity index (χ3n) is 1.28. The summed E-state index contributed by atoms with van der Waals surface area (Å²) in [7, 11) is 0. The first kappa shape index (κ1) is 12.6. The molecule has 0 aliphatic carbocycles. The van der Waals surface area contributed by atoms with Crippen molar-refractivity contribution in [3.8, 4) is 0 Å². The Hall–Kier alpha value is -1.40. The summed E-state index contributed by atoms with van der Waals surface area (Å²) in [6, 6.07) is 0. The van der Waals surface area contributed by atoms with Crippen LogP contribution in [0.4, 0.5) is 0 Å². The van der Waals surface area contributed by atoms with Crippen LogP contribution in [-0.4, -0.2) is 46.6 Å². The van der Waals surface area contributed by atoms with Gasteiger partial charge in [0.15, 0.2) is 0 Å². The third-order valence-corrected chi connectivity index (χ3v) is 1.28. The van der Waals surface area contributed by atoms with Gasteiger partial charge in [-0.2, -0.15) is 0 Å². The predicted octanol–water partition coefficient (Wildman–Crippen LogP) is -1.09. The standard InChI is InChI=1S/C8H12O6/c1-5(2-7(11)12)8(13)14-4-6(10)3-9/h2,6,9-10H,3-4H2,1H3,(H,11,12). The number of aliphatic hydroxyl groups excluding tert-OH is 2. The van der Waals surface area contributed by atoms with Crippen molar-refractivity contribution in [3.63, 3.8) is 0 Å². The van der Waals surface area contributed by atoms with Gasteiger partial charge >= 0.3 is 11.9 Å². The minimum atomic E-state index is -1.25. The fourth-order valence-electron chi connectivity index (χ4n) is 0.583. The fraction of sp³-hybridized carbons (Fsp3) is 0.500. The van der Waals surface area contributed by atoms with Gasteiger partial charge in [-0.3, -0.25) is 0 Å². The van der Waals surface area contributed by atoms with Crippen molar-refractivity contribution in [2.75, 3.05) is 13.2 Å². The Balaban J connectivity index is 4.03. The first-order chi connectivity index (χ1) is 6.47. The van der Waals surface area contributed by atoms with E-state index in [1.54, 1.807) is 0 Å². The second-order valence-corrected chi connectivity index (χ2v) is 2.60. The van der Waals surface area contributed by atoms with Gasteiger partial charge in [-0.1, -0.05) is 0 Å². The number of aliphatic carboxylic acids is 1. The van der Waals surface area contributed by atoms with Gasteiger partial charge in [0.1, 0.15) is 12.7 Å². The van der Waals surface area contributed by atoms with Crippen LogP contribution in [0.5, 0.6) is 0 Å². The summed E-state index contributed by atoms with van der Waals surface area (Å²) in [5.74, 6) is -2.08. The van der Waals surface area contributed by atoms with E-state index < -0.39 is 24.6 Å². The summed E-state index contributed by atoms with van der Waals surface area (Å²) in [5.41, 5.74) is -0.0809. The van der Waals surface area contributed by atoms with Crippen LogP contribution in [0.15, 0.2) is 11.6 Å². The van der Waals surface area contributed by atoms with E-state index in [1.807, 2.05) is 0 Å². The first-order valence-electron chi connectivity index (χ1n) is 3.84. The molecule has 6 heteroatoms. The predicted molar refractivity (Wildman–Crippen MR) is 45.4 cm³/mol. The molecule has 0 radical (unpaired) electrons. The monoisotopic (exact) mass is 204 g/mol. The molecule has 0 bridgehead atoms. The number of aliphatic hydroxyl groups is 2. The van der Waals surface area contributed by atoms with Crippen LogP contribution in [0, 0.1) is 0 Å². The van der Waals surface area contributed by atoms with Gasteiger partial charge in [0, 0.05) is 11.6 Å². The molecule has 0 spiro atoms. The topological polar surface area (TPSA) is 104 Å². The van der Waals surface area contributed by atoms with Gasteiger partial charge in [-0.15, -0.1) is 0 Å². The zero-order valence-electron chi connectivity index (χ0n) is 7.64. The van der Waals surface area contributed by atoms with E-state index in [4.69, 9.17) is 15.3 Å². The van der Waals surface area contributed by atoms with Gasteiger partial charge in [0.2, 0.25) is 0 Å². The van der Waals surface area contributed by atoms with Crippen LogP contribution in [0.3, 0.4) is 0 Å². The maximum atomic E-state index is 11.0. The minimum absolute atomic E-state index is 0.0809. The number of carboxylic acid groups (broad SMARTS) is 1. The second kappa shape index (κ2) is 6.11. The summed E-state index contributed by atoms with van der Waals surface area (Å²) in [6.07, 6.45) is -0.440. The highest BCUT2D eigenvalue weighted by atomic mass is 16.5. The smallest absolute Gasteiger partial charge is 0.334 e. The summed E-state index contributed by atoms with van der Waals surface area (Å²) < 4.78 is 4.48. The van der Waals surface area contributed by atoms with E-state index in [2.05, 4.69) is 4.74 Å². The number of hydrogen-bond acceptors (Lipinski definition) is 5. The van der Waals surface area contributed by atoms with Gasteiger partial charge in [-0.25, -0.2) is 9.59 Å². The molecule has 3 N–H and O–H groups in total. The molecule has 0 saturated carbocycles. The molecule has 6 nitrogen and oxygen atoms in total. The van der Waals surface area contributed by atoms with E-state index in [-0.39, 0.29) is 12.2 Å². The van der Waals surface area contributed by atoms with Gasteiger partial charge in [0.25, 0.3) is 0 Å². The summed E-state index contributed by atoms with van der Waals surface area (Å²) in [6.45, 7) is 0.400. The van der Waals surface area contributed by atoms with E-state index in [0.29, 0.717) is 6.08 Å². The quantitative estimate of drug-likeness (QED) is 0.388. The highest BCUT2D eigenvalue weighted by Crippen LogP contribution is 1.97. The lowest BCUT2D eigenvalue weighted by atomic mass is 10.3. The van der Waals surface area contributed by atoms with Crippen molar-refractivity contribution in [2.24, 2.45) is 0 Å². The summed E-state index contributed by atoms with van der Waals surface area (Å²) in [4.78, 5) is 21.1. The fourth-order valence-corrected chi connectivity index (χ4v) is 0.583. The maximum Gasteiger partial charge on any atom is 0.334 e. The average molecular weight is 204 g/mol. The Kier molecular flexibility index (Phi) is 5.50. The Morgan fingerprint density at radius 2 is 2.07 bits per heavy atom. The van der Waals surface area contributed by atoms with Crippen LogP contribution in [0.2, 0.25) is 0 Å². The number of esters is 1. The Bertz CT molecular complexity index is 244. The Labute approximate surface area is 80.4 Å². The molecule has 1 unspecified atom stereocenters. The zero-order valence-corrected chi connectivity index (χ0v) is 7.64. The highest BCUT2D eigenvalue weighted by Gasteiger charge is 2.10. The molecule has 0 aromatic carbocycles. The third kappa shape index (κ3) is 5.28. The molecule has 14 heavy (non-hydrogen) atoms. The molecule has 0 aromatic heterocycles. The Morgan fingerprint density at radius 1 is 1.50 bits per heavy atom. The van der Waals surface area contributed by atoms with Gasteiger partial charge in [0.05, 0.1) is 6.61 Å². The summed E-state index contributed by atoms with van der Waals surface area (Å²) in [5, 5.41) is 25.5. The number of hydrogen-bond donors (Lipinski definition) is 3. The van der Waals surface area contributed by atoms with Crippen LogP contribution in [0.1, 0.15) is 6.92 Å². The number of carbonyl (C=O) groups excluding carboxylic acids is 1. The largest absolute Gasteiger partial charge is 0.478 e. The maximum absolute atomic E-state index is 11.0. The molecule has 0 amide bonds.